The van der Waals surface area contributed by atoms with Gasteiger partial charge < -0.3 is 14.8 Å². The molecule has 8 heteroatoms. The smallest absolute Gasteiger partial charge is 0.333 e. The second kappa shape index (κ2) is 14.4. The lowest BCUT2D eigenvalue weighted by Gasteiger charge is -2.24. The first-order valence-electron chi connectivity index (χ1n) is 15.2. The van der Waals surface area contributed by atoms with Gasteiger partial charge in [-0.1, -0.05) is 49.1 Å². The van der Waals surface area contributed by atoms with Crippen molar-refractivity contribution in [2.24, 2.45) is 0 Å². The highest BCUT2D eigenvalue weighted by atomic mass is 35.5. The molecule has 1 heterocycles. The van der Waals surface area contributed by atoms with Gasteiger partial charge in [-0.15, -0.1) is 0 Å². The number of hydrogen-bond acceptors (Lipinski definition) is 5. The van der Waals surface area contributed by atoms with Gasteiger partial charge in [0.15, 0.2) is 0 Å². The Kier molecular flexibility index (Phi) is 10.2. The van der Waals surface area contributed by atoms with Crippen molar-refractivity contribution < 1.29 is 19.1 Å². The van der Waals surface area contributed by atoms with Crippen molar-refractivity contribution >= 4 is 29.6 Å². The largest absolute Gasteiger partial charge is 0.489 e. The number of benzene rings is 3. The minimum Gasteiger partial charge on any atom is -0.489 e. The van der Waals surface area contributed by atoms with Gasteiger partial charge in [0.1, 0.15) is 12.4 Å². The normalized spacial score (nSPS) is 13.9. The van der Waals surface area contributed by atoms with Crippen molar-refractivity contribution in [1.82, 2.24) is 15.1 Å². The molecule has 0 bridgehead atoms. The first-order chi connectivity index (χ1) is 21.4. The van der Waals surface area contributed by atoms with Crippen molar-refractivity contribution in [3.05, 3.63) is 100 Å². The summed E-state index contributed by atoms with van der Waals surface area (Å²) < 4.78 is 13.5. The van der Waals surface area contributed by atoms with E-state index < -0.39 is 0 Å². The van der Waals surface area contributed by atoms with E-state index in [9.17, 15) is 9.59 Å². The van der Waals surface area contributed by atoms with E-state index in [-0.39, 0.29) is 18.5 Å². The third kappa shape index (κ3) is 7.40. The summed E-state index contributed by atoms with van der Waals surface area (Å²) in [6, 6.07) is 23.6. The van der Waals surface area contributed by atoms with E-state index in [1.165, 1.54) is 19.3 Å². The van der Waals surface area contributed by atoms with Gasteiger partial charge in [-0.3, -0.25) is 9.48 Å². The third-order valence-electron chi connectivity index (χ3n) is 7.93. The van der Waals surface area contributed by atoms with Crippen molar-refractivity contribution in [2.75, 3.05) is 13.7 Å². The Morgan fingerprint density at radius 1 is 0.977 bits per heavy atom. The number of nitrogens with one attached hydrogen (secondary N) is 1. The molecule has 0 atom stereocenters. The van der Waals surface area contributed by atoms with Gasteiger partial charge in [-0.25, -0.2) is 4.79 Å². The third-order valence-corrected chi connectivity index (χ3v) is 8.18. The highest BCUT2D eigenvalue weighted by Gasteiger charge is 2.21. The lowest BCUT2D eigenvalue weighted by Crippen LogP contribution is -2.18. The Labute approximate surface area is 263 Å². The number of ether oxygens (including phenoxy) is 2. The molecule has 4 aromatic rings. The SMILES string of the molecule is CCOC(=O)C(C)=Cc1cc(-c2ccc(OCc3cc(C(=O)NC)ccc3-c3ccc(Cl)cc3)cc2)n(C2CCCCC2)n1. The molecule has 0 unspecified atom stereocenters. The highest BCUT2D eigenvalue weighted by molar-refractivity contribution is 6.30. The summed E-state index contributed by atoms with van der Waals surface area (Å²) in [6.07, 6.45) is 7.58. The van der Waals surface area contributed by atoms with Gasteiger partial charge in [0.05, 0.1) is 24.0 Å². The number of nitrogens with zero attached hydrogens (tertiary/aromatic N) is 2. The molecule has 0 spiro atoms. The lowest BCUT2D eigenvalue weighted by atomic mass is 9.95. The van der Waals surface area contributed by atoms with Crippen LogP contribution in [0.15, 0.2) is 78.4 Å². The Morgan fingerprint density at radius 3 is 2.36 bits per heavy atom. The molecule has 5 rings (SSSR count). The Hall–Kier alpha value is -4.36. The van der Waals surface area contributed by atoms with Crippen LogP contribution < -0.4 is 10.1 Å². The summed E-state index contributed by atoms with van der Waals surface area (Å²) in [7, 11) is 1.62. The van der Waals surface area contributed by atoms with Crippen LogP contribution in [0.5, 0.6) is 5.75 Å². The Morgan fingerprint density at radius 2 is 1.68 bits per heavy atom. The first kappa shape index (κ1) is 31.1. The van der Waals surface area contributed by atoms with Crippen LogP contribution in [0, 0.1) is 0 Å². The molecular formula is C36H38ClN3O4. The summed E-state index contributed by atoms with van der Waals surface area (Å²) in [5.74, 6) is 0.227. The molecule has 1 fully saturated rings. The molecule has 228 valence electrons. The molecular weight excluding hydrogens is 574 g/mol. The second-order valence-electron chi connectivity index (χ2n) is 11.0. The van der Waals surface area contributed by atoms with Crippen LogP contribution in [0.2, 0.25) is 5.02 Å². The minimum atomic E-state index is -0.331. The topological polar surface area (TPSA) is 82.5 Å². The van der Waals surface area contributed by atoms with Crippen molar-refractivity contribution in [2.45, 2.75) is 58.6 Å². The van der Waals surface area contributed by atoms with Crippen LogP contribution in [0.4, 0.5) is 0 Å². The average molecular weight is 612 g/mol. The van der Waals surface area contributed by atoms with Gasteiger partial charge >= 0.3 is 5.97 Å². The molecule has 1 saturated carbocycles. The predicted molar refractivity (Wildman–Crippen MR) is 175 cm³/mol. The van der Waals surface area contributed by atoms with E-state index in [0.29, 0.717) is 34.6 Å². The Balaban J connectivity index is 1.40. The maximum Gasteiger partial charge on any atom is 0.333 e. The molecule has 3 aromatic carbocycles. The maximum atomic E-state index is 12.4. The zero-order valence-electron chi connectivity index (χ0n) is 25.4. The standard InChI is InChI=1S/C36H38ClN3O4/c1-4-43-36(42)24(2)20-30-22-34(40(39-30)31-8-6-5-7-9-31)26-12-17-32(18-13-26)44-23-28-21-27(35(41)38-3)14-19-33(28)25-10-15-29(37)16-11-25/h10-22,31H,4-9,23H2,1-3H3,(H,38,41). The summed E-state index contributed by atoms with van der Waals surface area (Å²) >= 11 is 6.12. The second-order valence-corrected chi connectivity index (χ2v) is 11.4. The average Bonchev–Trinajstić information content (AvgIpc) is 3.48. The van der Waals surface area contributed by atoms with Crippen molar-refractivity contribution in [3.8, 4) is 28.1 Å². The van der Waals surface area contributed by atoms with E-state index in [0.717, 1.165) is 46.5 Å². The van der Waals surface area contributed by atoms with Crippen LogP contribution in [0.1, 0.15) is 73.6 Å². The van der Waals surface area contributed by atoms with Crippen LogP contribution in [-0.2, 0) is 16.1 Å². The first-order valence-corrected chi connectivity index (χ1v) is 15.5. The molecule has 0 radical (unpaired) electrons. The maximum absolute atomic E-state index is 12.4. The number of halogens is 1. The van der Waals surface area contributed by atoms with Crippen molar-refractivity contribution in [1.29, 1.82) is 0 Å². The number of hydrogen-bond donors (Lipinski definition) is 1. The van der Waals surface area contributed by atoms with Crippen molar-refractivity contribution in [3.63, 3.8) is 0 Å². The molecule has 1 aliphatic rings. The Bertz CT molecular complexity index is 1640. The van der Waals surface area contributed by atoms with Crippen LogP contribution in [-0.4, -0.2) is 35.3 Å². The highest BCUT2D eigenvalue weighted by Crippen LogP contribution is 2.34. The van der Waals surface area contributed by atoms with Crippen LogP contribution in [0.25, 0.3) is 28.5 Å². The molecule has 1 N–H and O–H groups in total. The molecule has 7 nitrogen and oxygen atoms in total. The monoisotopic (exact) mass is 611 g/mol. The fourth-order valence-corrected chi connectivity index (χ4v) is 5.75. The molecule has 44 heavy (non-hydrogen) atoms. The number of carbonyl (C=O) groups is 2. The molecule has 1 aromatic heterocycles. The minimum absolute atomic E-state index is 0.153. The molecule has 0 saturated heterocycles. The lowest BCUT2D eigenvalue weighted by molar-refractivity contribution is -0.138. The molecule has 1 amide bonds. The van der Waals surface area contributed by atoms with Gasteiger partial charge in [0, 0.05) is 28.8 Å². The van der Waals surface area contributed by atoms with Gasteiger partial charge in [0.2, 0.25) is 0 Å². The summed E-state index contributed by atoms with van der Waals surface area (Å²) in [4.78, 5) is 24.6. The van der Waals surface area contributed by atoms with E-state index in [1.54, 1.807) is 27.0 Å². The van der Waals surface area contributed by atoms with Gasteiger partial charge in [-0.2, -0.15) is 5.10 Å². The summed E-state index contributed by atoms with van der Waals surface area (Å²) in [5.41, 5.74) is 6.71. The predicted octanol–water partition coefficient (Wildman–Crippen LogP) is 8.28. The molecule has 0 aliphatic heterocycles. The fraction of sp³-hybridized carbons (Fsp3) is 0.306. The number of esters is 1. The quantitative estimate of drug-likeness (QED) is 0.144. The fourth-order valence-electron chi connectivity index (χ4n) is 5.62. The summed E-state index contributed by atoms with van der Waals surface area (Å²) in [6.45, 7) is 4.17. The van der Waals surface area contributed by atoms with Crippen LogP contribution >= 0.6 is 11.6 Å². The zero-order valence-corrected chi connectivity index (χ0v) is 26.2. The summed E-state index contributed by atoms with van der Waals surface area (Å²) in [5, 5.41) is 8.28. The van der Waals surface area contributed by atoms with E-state index >= 15 is 0 Å². The van der Waals surface area contributed by atoms with Crippen LogP contribution in [0.3, 0.4) is 0 Å². The van der Waals surface area contributed by atoms with E-state index in [2.05, 4.69) is 10.00 Å². The van der Waals surface area contributed by atoms with E-state index in [1.807, 2.05) is 72.8 Å². The zero-order chi connectivity index (χ0) is 31.1. The molecule has 1 aliphatic carbocycles. The van der Waals surface area contributed by atoms with E-state index in [4.69, 9.17) is 26.2 Å². The number of aromatic nitrogens is 2. The number of rotatable bonds is 10. The van der Waals surface area contributed by atoms with Gasteiger partial charge in [-0.05, 0) is 104 Å². The van der Waals surface area contributed by atoms with Gasteiger partial charge in [0.25, 0.3) is 5.91 Å². The number of carbonyl (C=O) groups excluding carboxylic acids is 2. The number of amides is 1.